The van der Waals surface area contributed by atoms with Gasteiger partial charge in [0.2, 0.25) is 11.8 Å². The summed E-state index contributed by atoms with van der Waals surface area (Å²) < 4.78 is 0. The Labute approximate surface area is 133 Å². The first-order chi connectivity index (χ1) is 10.6. The molecule has 2 amide bonds. The van der Waals surface area contributed by atoms with E-state index in [1.165, 1.54) is 23.8 Å². The smallest absolute Gasteiger partial charge is 0.226 e. The topological polar surface area (TPSA) is 62.3 Å². The maximum Gasteiger partial charge on any atom is 0.226 e. The Hall–Kier alpha value is -2.21. The summed E-state index contributed by atoms with van der Waals surface area (Å²) in [5.41, 5.74) is 4.04. The zero-order valence-electron chi connectivity index (χ0n) is 12.5. The Balaban J connectivity index is 1.87. The van der Waals surface area contributed by atoms with Crippen LogP contribution in [0.25, 0.3) is 11.3 Å². The Bertz CT molecular complexity index is 739. The average Bonchev–Trinajstić information content (AvgIpc) is 3.11. The van der Waals surface area contributed by atoms with Crippen LogP contribution in [0.5, 0.6) is 0 Å². The minimum atomic E-state index is -0.122. The number of anilines is 2. The largest absolute Gasteiger partial charge is 0.312 e. The van der Waals surface area contributed by atoms with Crippen LogP contribution in [0.3, 0.4) is 0 Å². The van der Waals surface area contributed by atoms with Gasteiger partial charge in [-0.3, -0.25) is 9.59 Å². The van der Waals surface area contributed by atoms with Gasteiger partial charge >= 0.3 is 0 Å². The van der Waals surface area contributed by atoms with Gasteiger partial charge in [-0.05, 0) is 24.1 Å². The van der Waals surface area contributed by atoms with Crippen molar-refractivity contribution in [3.63, 3.8) is 0 Å². The van der Waals surface area contributed by atoms with Gasteiger partial charge in [0, 0.05) is 36.5 Å². The third-order valence-electron chi connectivity index (χ3n) is 3.66. The number of amides is 2. The van der Waals surface area contributed by atoms with E-state index in [2.05, 4.69) is 16.4 Å². The lowest BCUT2D eigenvalue weighted by Gasteiger charge is -2.16. The van der Waals surface area contributed by atoms with Crippen molar-refractivity contribution in [2.45, 2.75) is 26.7 Å². The quantitative estimate of drug-likeness (QED) is 0.947. The molecule has 1 aromatic carbocycles. The number of nitrogens with one attached hydrogen (secondary N) is 1. The van der Waals surface area contributed by atoms with Gasteiger partial charge in [-0.1, -0.05) is 13.0 Å². The SMILES string of the molecule is CCC(=O)N1CCc2cc(-c3csc(NC(C)=O)n3)ccc21. The lowest BCUT2D eigenvalue weighted by Crippen LogP contribution is -2.27. The van der Waals surface area contributed by atoms with E-state index < -0.39 is 0 Å². The number of hydrogen-bond acceptors (Lipinski definition) is 4. The van der Waals surface area contributed by atoms with Crippen LogP contribution in [0.15, 0.2) is 23.6 Å². The van der Waals surface area contributed by atoms with Crippen molar-refractivity contribution in [1.29, 1.82) is 0 Å². The minimum absolute atomic E-state index is 0.122. The summed E-state index contributed by atoms with van der Waals surface area (Å²) in [7, 11) is 0. The van der Waals surface area contributed by atoms with Crippen molar-refractivity contribution < 1.29 is 9.59 Å². The summed E-state index contributed by atoms with van der Waals surface area (Å²) in [5.74, 6) is 0.0386. The fraction of sp³-hybridized carbons (Fsp3) is 0.312. The predicted molar refractivity (Wildman–Crippen MR) is 88.2 cm³/mol. The van der Waals surface area contributed by atoms with Crippen molar-refractivity contribution in [3.05, 3.63) is 29.1 Å². The van der Waals surface area contributed by atoms with Crippen LogP contribution in [0.4, 0.5) is 10.8 Å². The molecule has 0 saturated heterocycles. The van der Waals surface area contributed by atoms with Crippen LogP contribution in [0.1, 0.15) is 25.8 Å². The second kappa shape index (κ2) is 5.88. The molecule has 1 aromatic heterocycles. The first kappa shape index (κ1) is 14.7. The fourth-order valence-electron chi connectivity index (χ4n) is 2.63. The van der Waals surface area contributed by atoms with Crippen molar-refractivity contribution >= 4 is 34.0 Å². The third kappa shape index (κ3) is 2.74. The first-order valence-corrected chi connectivity index (χ1v) is 8.13. The monoisotopic (exact) mass is 315 g/mol. The summed E-state index contributed by atoms with van der Waals surface area (Å²) in [6.07, 6.45) is 1.39. The third-order valence-corrected chi connectivity index (χ3v) is 4.42. The lowest BCUT2D eigenvalue weighted by atomic mass is 10.1. The Morgan fingerprint density at radius 1 is 1.41 bits per heavy atom. The van der Waals surface area contributed by atoms with Crippen LogP contribution in [-0.2, 0) is 16.0 Å². The number of thiazole rings is 1. The van der Waals surface area contributed by atoms with E-state index in [0.717, 1.165) is 29.9 Å². The van der Waals surface area contributed by atoms with Crippen LogP contribution in [0, 0.1) is 0 Å². The van der Waals surface area contributed by atoms with Gasteiger partial charge in [0.25, 0.3) is 0 Å². The fourth-order valence-corrected chi connectivity index (χ4v) is 3.39. The highest BCUT2D eigenvalue weighted by molar-refractivity contribution is 7.14. The maximum absolute atomic E-state index is 11.9. The zero-order valence-corrected chi connectivity index (χ0v) is 13.4. The molecule has 0 fully saturated rings. The summed E-state index contributed by atoms with van der Waals surface area (Å²) in [6.45, 7) is 4.10. The molecule has 1 aliphatic heterocycles. The molecule has 114 valence electrons. The van der Waals surface area contributed by atoms with Crippen molar-refractivity contribution in [3.8, 4) is 11.3 Å². The summed E-state index contributed by atoms with van der Waals surface area (Å²) in [6, 6.07) is 6.06. The number of rotatable bonds is 3. The second-order valence-electron chi connectivity index (χ2n) is 5.21. The van der Waals surface area contributed by atoms with E-state index >= 15 is 0 Å². The minimum Gasteiger partial charge on any atom is -0.312 e. The molecule has 0 saturated carbocycles. The average molecular weight is 315 g/mol. The molecule has 6 heteroatoms. The summed E-state index contributed by atoms with van der Waals surface area (Å²) in [4.78, 5) is 29.2. The Kier molecular flexibility index (Phi) is 3.94. The van der Waals surface area contributed by atoms with E-state index in [4.69, 9.17) is 0 Å². The molecule has 0 spiro atoms. The summed E-state index contributed by atoms with van der Waals surface area (Å²) in [5, 5.41) is 5.22. The lowest BCUT2D eigenvalue weighted by molar-refractivity contribution is -0.118. The van der Waals surface area contributed by atoms with Gasteiger partial charge < -0.3 is 10.2 Å². The molecule has 22 heavy (non-hydrogen) atoms. The molecule has 0 radical (unpaired) electrons. The number of carbonyl (C=O) groups excluding carboxylic acids is 2. The van der Waals surface area contributed by atoms with Crippen molar-refractivity contribution in [2.24, 2.45) is 0 Å². The van der Waals surface area contributed by atoms with Crippen molar-refractivity contribution in [2.75, 3.05) is 16.8 Å². The van der Waals surface area contributed by atoms with Crippen molar-refractivity contribution in [1.82, 2.24) is 4.98 Å². The van der Waals surface area contributed by atoms with Crippen LogP contribution < -0.4 is 10.2 Å². The van der Waals surface area contributed by atoms with E-state index in [9.17, 15) is 9.59 Å². The number of aromatic nitrogens is 1. The van der Waals surface area contributed by atoms with E-state index in [1.54, 1.807) is 0 Å². The van der Waals surface area contributed by atoms with E-state index in [1.807, 2.05) is 29.3 Å². The van der Waals surface area contributed by atoms with E-state index in [-0.39, 0.29) is 11.8 Å². The second-order valence-corrected chi connectivity index (χ2v) is 6.07. The first-order valence-electron chi connectivity index (χ1n) is 7.25. The highest BCUT2D eigenvalue weighted by Crippen LogP contribution is 2.33. The Morgan fingerprint density at radius 3 is 2.95 bits per heavy atom. The summed E-state index contributed by atoms with van der Waals surface area (Å²) >= 11 is 1.41. The number of fused-ring (bicyclic) bond motifs is 1. The molecular weight excluding hydrogens is 298 g/mol. The standard InChI is InChI=1S/C16H17N3O2S/c1-3-15(21)19-7-6-12-8-11(4-5-14(12)19)13-9-22-16(18-13)17-10(2)20/h4-5,8-9H,3,6-7H2,1-2H3,(H,17,18,20). The number of hydrogen-bond donors (Lipinski definition) is 1. The molecule has 0 bridgehead atoms. The van der Waals surface area contributed by atoms with Gasteiger partial charge in [-0.25, -0.2) is 4.98 Å². The van der Waals surface area contributed by atoms with Crippen LogP contribution in [-0.4, -0.2) is 23.3 Å². The number of benzene rings is 1. The van der Waals surface area contributed by atoms with Gasteiger partial charge in [0.1, 0.15) is 0 Å². The predicted octanol–water partition coefficient (Wildman–Crippen LogP) is 3.07. The zero-order chi connectivity index (χ0) is 15.7. The van der Waals surface area contributed by atoms with Gasteiger partial charge in [0.05, 0.1) is 5.69 Å². The number of nitrogens with zero attached hydrogens (tertiary/aromatic N) is 2. The van der Waals surface area contributed by atoms with Crippen LogP contribution >= 0.6 is 11.3 Å². The van der Waals surface area contributed by atoms with Gasteiger partial charge in [0.15, 0.2) is 5.13 Å². The molecule has 2 heterocycles. The normalized spacial score (nSPS) is 13.1. The van der Waals surface area contributed by atoms with Gasteiger partial charge in [-0.15, -0.1) is 11.3 Å². The molecule has 5 nitrogen and oxygen atoms in total. The molecule has 1 N–H and O–H groups in total. The van der Waals surface area contributed by atoms with Crippen LogP contribution in [0.2, 0.25) is 0 Å². The highest BCUT2D eigenvalue weighted by atomic mass is 32.1. The number of carbonyl (C=O) groups is 2. The maximum atomic E-state index is 11.9. The van der Waals surface area contributed by atoms with Gasteiger partial charge in [-0.2, -0.15) is 0 Å². The molecule has 0 aliphatic carbocycles. The molecular formula is C16H17N3O2S. The molecule has 1 aliphatic rings. The molecule has 0 atom stereocenters. The highest BCUT2D eigenvalue weighted by Gasteiger charge is 2.23. The molecule has 0 unspecified atom stereocenters. The van der Waals surface area contributed by atoms with E-state index in [0.29, 0.717) is 11.6 Å². The molecule has 3 rings (SSSR count). The Morgan fingerprint density at radius 2 is 2.23 bits per heavy atom. The molecule has 2 aromatic rings.